The van der Waals surface area contributed by atoms with E-state index in [0.29, 0.717) is 24.4 Å². The number of alkyl halides is 2. The van der Waals surface area contributed by atoms with Gasteiger partial charge in [0.25, 0.3) is 0 Å². The average molecular weight is 395 g/mol. The molecule has 0 fully saturated rings. The number of hydrogen-bond donors (Lipinski definition) is 0. The van der Waals surface area contributed by atoms with Crippen molar-refractivity contribution < 1.29 is 27.6 Å². The van der Waals surface area contributed by atoms with E-state index in [0.717, 1.165) is 6.20 Å². The Morgan fingerprint density at radius 1 is 1.32 bits per heavy atom. The van der Waals surface area contributed by atoms with Crippen molar-refractivity contribution in [2.45, 2.75) is 26.5 Å². The van der Waals surface area contributed by atoms with E-state index in [2.05, 4.69) is 20.0 Å². The van der Waals surface area contributed by atoms with E-state index in [4.69, 9.17) is 9.15 Å². The van der Waals surface area contributed by atoms with Gasteiger partial charge in [-0.3, -0.25) is 14.8 Å². The number of nitrogens with zero attached hydrogens (tertiary/aromatic N) is 5. The third-order valence-corrected chi connectivity index (χ3v) is 3.56. The van der Waals surface area contributed by atoms with Gasteiger partial charge in [-0.2, -0.15) is 13.9 Å². The second kappa shape index (κ2) is 8.41. The maximum absolute atomic E-state index is 12.5. The number of benzene rings is 1. The largest absolute Gasteiger partial charge is 0.490 e. The number of hydrogen-bond acceptors (Lipinski definition) is 8. The Kier molecular flexibility index (Phi) is 5.77. The van der Waals surface area contributed by atoms with Gasteiger partial charge in [0.2, 0.25) is 11.8 Å². The predicted octanol–water partition coefficient (Wildman–Crippen LogP) is 3.08. The summed E-state index contributed by atoms with van der Waals surface area (Å²) in [5, 5.41) is 22.4. The molecule has 3 rings (SSSR count). The SMILES string of the molecule is CCOc1cc(-c2nnc(CCn3cc([N+](=O)[O-])cn3)o2)ccc1OC(F)F. The molecule has 0 radical (unpaired) electrons. The molecule has 3 aromatic rings. The standard InChI is InChI=1S/C16H15F2N5O5/c1-2-26-13-7-10(3-4-12(13)27-16(17)18)15-21-20-14(28-15)5-6-22-9-11(8-19-22)23(24)25/h3-4,7-9,16H,2,5-6H2,1H3. The van der Waals surface area contributed by atoms with Crippen LogP contribution in [0.4, 0.5) is 14.5 Å². The molecule has 28 heavy (non-hydrogen) atoms. The lowest BCUT2D eigenvalue weighted by Crippen LogP contribution is -2.04. The van der Waals surface area contributed by atoms with E-state index in [1.807, 2.05) is 0 Å². The molecule has 0 aliphatic heterocycles. The fraction of sp³-hybridized carbons (Fsp3) is 0.312. The van der Waals surface area contributed by atoms with Gasteiger partial charge in [-0.25, -0.2) is 0 Å². The van der Waals surface area contributed by atoms with Gasteiger partial charge in [-0.1, -0.05) is 0 Å². The van der Waals surface area contributed by atoms with Crippen molar-refractivity contribution in [2.24, 2.45) is 0 Å². The van der Waals surface area contributed by atoms with Gasteiger partial charge in [-0.15, -0.1) is 10.2 Å². The minimum absolute atomic E-state index is 0.0967. The highest BCUT2D eigenvalue weighted by Crippen LogP contribution is 2.33. The van der Waals surface area contributed by atoms with Crippen LogP contribution in [0.5, 0.6) is 11.5 Å². The highest BCUT2D eigenvalue weighted by molar-refractivity contribution is 5.59. The lowest BCUT2D eigenvalue weighted by molar-refractivity contribution is -0.385. The Morgan fingerprint density at radius 2 is 2.14 bits per heavy atom. The molecule has 0 saturated carbocycles. The summed E-state index contributed by atoms with van der Waals surface area (Å²) < 4.78 is 41.6. The molecule has 0 saturated heterocycles. The second-order valence-corrected chi connectivity index (χ2v) is 5.44. The van der Waals surface area contributed by atoms with Crippen LogP contribution in [0.3, 0.4) is 0 Å². The van der Waals surface area contributed by atoms with Gasteiger partial charge in [0.15, 0.2) is 11.5 Å². The summed E-state index contributed by atoms with van der Waals surface area (Å²) in [5.41, 5.74) is 0.360. The van der Waals surface area contributed by atoms with Crippen LogP contribution >= 0.6 is 0 Å². The van der Waals surface area contributed by atoms with Gasteiger partial charge in [-0.05, 0) is 25.1 Å². The van der Waals surface area contributed by atoms with E-state index in [1.165, 1.54) is 29.1 Å². The molecule has 10 nitrogen and oxygen atoms in total. The lowest BCUT2D eigenvalue weighted by atomic mass is 10.2. The van der Waals surface area contributed by atoms with Gasteiger partial charge < -0.3 is 13.9 Å². The molecule has 0 N–H and O–H groups in total. The molecule has 0 atom stereocenters. The highest BCUT2D eigenvalue weighted by atomic mass is 19.3. The van der Waals surface area contributed by atoms with Crippen LogP contribution in [-0.4, -0.2) is 38.1 Å². The Balaban J connectivity index is 1.71. The zero-order valence-corrected chi connectivity index (χ0v) is 14.6. The van der Waals surface area contributed by atoms with Crippen molar-refractivity contribution in [3.63, 3.8) is 0 Å². The van der Waals surface area contributed by atoms with Crippen LogP contribution in [0.25, 0.3) is 11.5 Å². The molecular weight excluding hydrogens is 380 g/mol. The fourth-order valence-corrected chi connectivity index (χ4v) is 2.35. The normalized spacial score (nSPS) is 11.0. The van der Waals surface area contributed by atoms with Crippen LogP contribution in [0.1, 0.15) is 12.8 Å². The van der Waals surface area contributed by atoms with Gasteiger partial charge in [0.05, 0.1) is 11.5 Å². The van der Waals surface area contributed by atoms with Crippen molar-refractivity contribution in [1.82, 2.24) is 20.0 Å². The molecule has 0 bridgehead atoms. The summed E-state index contributed by atoms with van der Waals surface area (Å²) in [6, 6.07) is 4.29. The highest BCUT2D eigenvalue weighted by Gasteiger charge is 2.16. The van der Waals surface area contributed by atoms with Crippen LogP contribution in [-0.2, 0) is 13.0 Å². The number of rotatable bonds is 9. The van der Waals surface area contributed by atoms with E-state index in [-0.39, 0.29) is 29.7 Å². The Bertz CT molecular complexity index is 959. The minimum Gasteiger partial charge on any atom is -0.490 e. The number of halogens is 2. The van der Waals surface area contributed by atoms with Crippen molar-refractivity contribution in [1.29, 1.82) is 0 Å². The smallest absolute Gasteiger partial charge is 0.387 e. The topological polar surface area (TPSA) is 118 Å². The van der Waals surface area contributed by atoms with Crippen molar-refractivity contribution in [3.05, 3.63) is 46.6 Å². The molecule has 1 aromatic carbocycles. The average Bonchev–Trinajstić information content (AvgIpc) is 3.30. The number of aryl methyl sites for hydroxylation is 2. The zero-order valence-electron chi connectivity index (χ0n) is 14.6. The van der Waals surface area contributed by atoms with Crippen LogP contribution in [0, 0.1) is 10.1 Å². The Hall–Kier alpha value is -3.57. The van der Waals surface area contributed by atoms with E-state index in [1.54, 1.807) is 6.92 Å². The van der Waals surface area contributed by atoms with E-state index >= 15 is 0 Å². The summed E-state index contributed by atoms with van der Waals surface area (Å²) in [6.07, 6.45) is 2.75. The molecule has 0 unspecified atom stereocenters. The van der Waals surface area contributed by atoms with Crippen LogP contribution < -0.4 is 9.47 Å². The first-order valence-electron chi connectivity index (χ1n) is 8.17. The van der Waals surface area contributed by atoms with Gasteiger partial charge >= 0.3 is 12.3 Å². The molecule has 12 heteroatoms. The molecule has 0 aliphatic carbocycles. The zero-order chi connectivity index (χ0) is 20.1. The fourth-order valence-electron chi connectivity index (χ4n) is 2.35. The Labute approximate surface area is 156 Å². The summed E-state index contributed by atoms with van der Waals surface area (Å²) in [4.78, 5) is 10.1. The first-order chi connectivity index (χ1) is 13.5. The van der Waals surface area contributed by atoms with Crippen molar-refractivity contribution in [3.8, 4) is 23.0 Å². The number of aromatic nitrogens is 4. The minimum atomic E-state index is -2.97. The number of nitro groups is 1. The summed E-state index contributed by atoms with van der Waals surface area (Å²) >= 11 is 0. The summed E-state index contributed by atoms with van der Waals surface area (Å²) in [6.45, 7) is -0.698. The van der Waals surface area contributed by atoms with Gasteiger partial charge in [0, 0.05) is 18.5 Å². The Morgan fingerprint density at radius 3 is 2.82 bits per heavy atom. The molecular formula is C16H15F2N5O5. The third-order valence-electron chi connectivity index (χ3n) is 3.56. The molecule has 148 valence electrons. The molecule has 0 spiro atoms. The van der Waals surface area contributed by atoms with Gasteiger partial charge in [0.1, 0.15) is 12.4 Å². The van der Waals surface area contributed by atoms with E-state index in [9.17, 15) is 18.9 Å². The maximum atomic E-state index is 12.5. The summed E-state index contributed by atoms with van der Waals surface area (Å²) in [5.74, 6) is 0.495. The van der Waals surface area contributed by atoms with Crippen molar-refractivity contribution >= 4 is 5.69 Å². The molecule has 0 amide bonds. The van der Waals surface area contributed by atoms with Crippen LogP contribution in [0.15, 0.2) is 35.0 Å². The lowest BCUT2D eigenvalue weighted by Gasteiger charge is -2.11. The molecule has 0 aliphatic rings. The first-order valence-corrected chi connectivity index (χ1v) is 8.17. The van der Waals surface area contributed by atoms with E-state index < -0.39 is 11.5 Å². The second-order valence-electron chi connectivity index (χ2n) is 5.44. The number of ether oxygens (including phenoxy) is 2. The quantitative estimate of drug-likeness (QED) is 0.401. The predicted molar refractivity (Wildman–Crippen MR) is 90.1 cm³/mol. The monoisotopic (exact) mass is 395 g/mol. The van der Waals surface area contributed by atoms with Crippen molar-refractivity contribution in [2.75, 3.05) is 6.61 Å². The first kappa shape index (κ1) is 19.2. The van der Waals surface area contributed by atoms with Crippen LogP contribution in [0.2, 0.25) is 0 Å². The summed E-state index contributed by atoms with van der Waals surface area (Å²) in [7, 11) is 0. The third kappa shape index (κ3) is 4.58. The maximum Gasteiger partial charge on any atom is 0.387 e. The molecule has 2 heterocycles. The molecule has 2 aromatic heterocycles.